The molecule has 150 valence electrons. The van der Waals surface area contributed by atoms with E-state index in [1.54, 1.807) is 12.1 Å². The standard InChI is InChI=1S/C24H19BrN2O2S/c1-15-3-11-19(12-4-15)27-23(28)21(26-18-9-7-17(25)8-10-18)22(24(27)29)30-20-13-5-16(2)6-14-20/h3-14,26H,1-2H3. The second-order valence-electron chi connectivity index (χ2n) is 7.03. The number of imide groups is 1. The summed E-state index contributed by atoms with van der Waals surface area (Å²) >= 11 is 4.71. The molecule has 0 spiro atoms. The van der Waals surface area contributed by atoms with Crippen LogP contribution >= 0.6 is 27.7 Å². The van der Waals surface area contributed by atoms with Gasteiger partial charge in [0.05, 0.1) is 5.69 Å². The first-order chi connectivity index (χ1) is 14.4. The zero-order valence-electron chi connectivity index (χ0n) is 16.5. The van der Waals surface area contributed by atoms with Crippen LogP contribution in [0.5, 0.6) is 0 Å². The number of anilines is 2. The summed E-state index contributed by atoms with van der Waals surface area (Å²) < 4.78 is 0.936. The van der Waals surface area contributed by atoms with E-state index < -0.39 is 0 Å². The highest BCUT2D eigenvalue weighted by Crippen LogP contribution is 2.38. The Labute approximate surface area is 188 Å². The van der Waals surface area contributed by atoms with Crippen molar-refractivity contribution in [3.05, 3.63) is 99.0 Å². The Kier molecular flexibility index (Phi) is 5.79. The number of rotatable bonds is 5. The van der Waals surface area contributed by atoms with E-state index in [0.717, 1.165) is 26.2 Å². The normalized spacial score (nSPS) is 13.9. The number of benzene rings is 3. The molecule has 1 aliphatic rings. The molecule has 6 heteroatoms. The number of halogens is 1. The molecule has 0 unspecified atom stereocenters. The van der Waals surface area contributed by atoms with Crippen molar-refractivity contribution in [2.75, 3.05) is 10.2 Å². The van der Waals surface area contributed by atoms with E-state index in [-0.39, 0.29) is 17.5 Å². The van der Waals surface area contributed by atoms with Gasteiger partial charge in [0.1, 0.15) is 10.6 Å². The number of aryl methyl sites for hydroxylation is 2. The van der Waals surface area contributed by atoms with Crippen molar-refractivity contribution in [2.45, 2.75) is 18.7 Å². The molecule has 0 atom stereocenters. The van der Waals surface area contributed by atoms with Gasteiger partial charge in [0.15, 0.2) is 0 Å². The third kappa shape index (κ3) is 4.20. The SMILES string of the molecule is Cc1ccc(SC2=C(Nc3ccc(Br)cc3)C(=O)N(c3ccc(C)cc3)C2=O)cc1. The van der Waals surface area contributed by atoms with Gasteiger partial charge in [-0.2, -0.15) is 0 Å². The van der Waals surface area contributed by atoms with Gasteiger partial charge in [0.2, 0.25) is 0 Å². The Morgan fingerprint density at radius 3 is 1.93 bits per heavy atom. The van der Waals surface area contributed by atoms with Crippen LogP contribution in [0.15, 0.2) is 92.8 Å². The van der Waals surface area contributed by atoms with Crippen molar-refractivity contribution in [2.24, 2.45) is 0 Å². The predicted octanol–water partition coefficient (Wildman–Crippen LogP) is 6.06. The van der Waals surface area contributed by atoms with Gasteiger partial charge in [0.25, 0.3) is 11.8 Å². The van der Waals surface area contributed by atoms with Crippen LogP contribution in [0.25, 0.3) is 0 Å². The maximum Gasteiger partial charge on any atom is 0.283 e. The van der Waals surface area contributed by atoms with E-state index in [2.05, 4.69) is 21.2 Å². The van der Waals surface area contributed by atoms with Crippen LogP contribution in [-0.4, -0.2) is 11.8 Å². The Morgan fingerprint density at radius 1 is 0.767 bits per heavy atom. The minimum Gasteiger partial charge on any atom is -0.350 e. The van der Waals surface area contributed by atoms with Crippen LogP contribution in [0.1, 0.15) is 11.1 Å². The average Bonchev–Trinajstić information content (AvgIpc) is 2.96. The molecule has 0 bridgehead atoms. The molecule has 1 aliphatic heterocycles. The number of amides is 2. The van der Waals surface area contributed by atoms with Crippen molar-refractivity contribution >= 4 is 50.9 Å². The van der Waals surface area contributed by atoms with E-state index in [9.17, 15) is 9.59 Å². The van der Waals surface area contributed by atoms with Gasteiger partial charge < -0.3 is 5.32 Å². The minimum absolute atomic E-state index is 0.286. The highest BCUT2D eigenvalue weighted by molar-refractivity contribution is 9.10. The zero-order chi connectivity index (χ0) is 21.3. The number of hydrogen-bond acceptors (Lipinski definition) is 4. The first-order valence-electron chi connectivity index (χ1n) is 9.39. The van der Waals surface area contributed by atoms with Crippen molar-refractivity contribution in [3.8, 4) is 0 Å². The van der Waals surface area contributed by atoms with Gasteiger partial charge in [-0.15, -0.1) is 0 Å². The lowest BCUT2D eigenvalue weighted by Gasteiger charge is -2.15. The fourth-order valence-corrected chi connectivity index (χ4v) is 4.24. The van der Waals surface area contributed by atoms with Crippen LogP contribution in [0.3, 0.4) is 0 Å². The summed E-state index contributed by atoms with van der Waals surface area (Å²) in [6, 6.07) is 22.7. The molecule has 0 aromatic heterocycles. The van der Waals surface area contributed by atoms with E-state index in [1.807, 2.05) is 74.5 Å². The number of nitrogens with zero attached hydrogens (tertiary/aromatic N) is 1. The monoisotopic (exact) mass is 478 g/mol. The third-order valence-corrected chi connectivity index (χ3v) is 6.31. The number of hydrogen-bond donors (Lipinski definition) is 1. The van der Waals surface area contributed by atoms with E-state index in [0.29, 0.717) is 10.6 Å². The molecule has 0 aliphatic carbocycles. The Hall–Kier alpha value is -2.83. The van der Waals surface area contributed by atoms with E-state index >= 15 is 0 Å². The molecule has 0 fully saturated rings. The largest absolute Gasteiger partial charge is 0.350 e. The topological polar surface area (TPSA) is 49.4 Å². The molecule has 4 rings (SSSR count). The summed E-state index contributed by atoms with van der Waals surface area (Å²) in [5.41, 5.74) is 3.78. The van der Waals surface area contributed by atoms with Gasteiger partial charge in [-0.1, -0.05) is 63.1 Å². The number of nitrogens with one attached hydrogen (secondary N) is 1. The van der Waals surface area contributed by atoms with Crippen molar-refractivity contribution < 1.29 is 9.59 Å². The molecule has 2 amide bonds. The molecule has 1 heterocycles. The first kappa shape index (κ1) is 20.4. The van der Waals surface area contributed by atoms with Gasteiger partial charge in [-0.05, 0) is 62.4 Å². The highest BCUT2D eigenvalue weighted by Gasteiger charge is 2.40. The van der Waals surface area contributed by atoms with Crippen molar-refractivity contribution in [3.63, 3.8) is 0 Å². The molecule has 30 heavy (non-hydrogen) atoms. The quantitative estimate of drug-likeness (QED) is 0.453. The number of carbonyl (C=O) groups excluding carboxylic acids is 2. The maximum absolute atomic E-state index is 13.3. The zero-order valence-corrected chi connectivity index (χ0v) is 18.9. The molecule has 4 nitrogen and oxygen atoms in total. The molecule has 3 aromatic rings. The Balaban J connectivity index is 1.73. The predicted molar refractivity (Wildman–Crippen MR) is 125 cm³/mol. The van der Waals surface area contributed by atoms with Crippen LogP contribution in [0.4, 0.5) is 11.4 Å². The molecule has 0 saturated carbocycles. The highest BCUT2D eigenvalue weighted by atomic mass is 79.9. The lowest BCUT2D eigenvalue weighted by molar-refractivity contribution is -0.120. The van der Waals surface area contributed by atoms with Gasteiger partial charge in [-0.25, -0.2) is 4.90 Å². The fraction of sp³-hybridized carbons (Fsp3) is 0.0833. The van der Waals surface area contributed by atoms with Crippen LogP contribution in [-0.2, 0) is 9.59 Å². The second-order valence-corrected chi connectivity index (χ2v) is 9.03. The van der Waals surface area contributed by atoms with Gasteiger partial charge >= 0.3 is 0 Å². The molecule has 0 radical (unpaired) electrons. The van der Waals surface area contributed by atoms with Gasteiger partial charge in [0, 0.05) is 15.1 Å². The summed E-state index contributed by atoms with van der Waals surface area (Å²) in [5.74, 6) is -0.685. The number of thioether (sulfide) groups is 1. The summed E-state index contributed by atoms with van der Waals surface area (Å²) in [4.78, 5) is 29.1. The Bertz CT molecular complexity index is 1070. The lowest BCUT2D eigenvalue weighted by Crippen LogP contribution is -2.32. The van der Waals surface area contributed by atoms with Crippen LogP contribution < -0.4 is 10.2 Å². The molecular formula is C24H19BrN2O2S. The fourth-order valence-electron chi connectivity index (χ4n) is 3.04. The van der Waals surface area contributed by atoms with Crippen LogP contribution in [0, 0.1) is 13.8 Å². The molecule has 0 saturated heterocycles. The van der Waals surface area contributed by atoms with Crippen molar-refractivity contribution in [1.29, 1.82) is 0 Å². The summed E-state index contributed by atoms with van der Waals surface area (Å²) in [7, 11) is 0. The smallest absolute Gasteiger partial charge is 0.283 e. The maximum atomic E-state index is 13.3. The minimum atomic E-state index is -0.360. The number of carbonyl (C=O) groups is 2. The Morgan fingerprint density at radius 2 is 1.33 bits per heavy atom. The van der Waals surface area contributed by atoms with Gasteiger partial charge in [-0.3, -0.25) is 9.59 Å². The van der Waals surface area contributed by atoms with Crippen molar-refractivity contribution in [1.82, 2.24) is 0 Å². The van der Waals surface area contributed by atoms with Crippen LogP contribution in [0.2, 0.25) is 0 Å². The summed E-state index contributed by atoms with van der Waals surface area (Å²) in [6.07, 6.45) is 0. The van der Waals surface area contributed by atoms with E-state index in [1.165, 1.54) is 16.7 Å². The molecular weight excluding hydrogens is 460 g/mol. The molecule has 3 aromatic carbocycles. The summed E-state index contributed by atoms with van der Waals surface area (Å²) in [5, 5.41) is 3.17. The average molecular weight is 479 g/mol. The summed E-state index contributed by atoms with van der Waals surface area (Å²) in [6.45, 7) is 3.98. The lowest BCUT2D eigenvalue weighted by atomic mass is 10.2. The molecule has 1 N–H and O–H groups in total. The first-order valence-corrected chi connectivity index (χ1v) is 11.0. The third-order valence-electron chi connectivity index (χ3n) is 4.69. The second kappa shape index (κ2) is 8.50. The van der Waals surface area contributed by atoms with E-state index in [4.69, 9.17) is 0 Å².